The topological polar surface area (TPSA) is 47.6 Å². The van der Waals surface area contributed by atoms with Crippen molar-refractivity contribution in [3.8, 4) is 5.75 Å². The van der Waals surface area contributed by atoms with Crippen LogP contribution in [0.25, 0.3) is 0 Å². The molecule has 102 valence electrons. The third-order valence-corrected chi connectivity index (χ3v) is 3.16. The number of amides is 1. The maximum absolute atomic E-state index is 11.4. The van der Waals surface area contributed by atoms with Crippen LogP contribution in [0, 0.1) is 0 Å². The molecule has 0 heterocycles. The summed E-state index contributed by atoms with van der Waals surface area (Å²) in [6.45, 7) is 6.05. The van der Waals surface area contributed by atoms with Crippen molar-refractivity contribution in [2.75, 3.05) is 6.61 Å². The predicted octanol–water partition coefficient (Wildman–Crippen LogP) is 1.91. The number of rotatable bonds is 6. The van der Waals surface area contributed by atoms with E-state index < -0.39 is 0 Å². The van der Waals surface area contributed by atoms with Gasteiger partial charge in [-0.3, -0.25) is 4.79 Å². The van der Waals surface area contributed by atoms with Crippen molar-refractivity contribution < 1.29 is 14.3 Å². The normalized spacial score (nSPS) is 25.2. The Labute approximate surface area is 113 Å². The Balaban J connectivity index is 1.98. The fourth-order valence-electron chi connectivity index (χ4n) is 2.16. The van der Waals surface area contributed by atoms with Crippen LogP contribution in [0.15, 0.2) is 43.0 Å². The van der Waals surface area contributed by atoms with Gasteiger partial charge in [-0.05, 0) is 25.1 Å². The van der Waals surface area contributed by atoms with Gasteiger partial charge in [0.05, 0.1) is 12.1 Å². The lowest BCUT2D eigenvalue weighted by molar-refractivity contribution is -0.128. The summed E-state index contributed by atoms with van der Waals surface area (Å²) in [5, 5.41) is 2.86. The van der Waals surface area contributed by atoms with E-state index in [-0.39, 0.29) is 24.2 Å². The Hall–Kier alpha value is -1.81. The van der Waals surface area contributed by atoms with Crippen LogP contribution in [-0.4, -0.2) is 30.8 Å². The molecule has 1 amide bonds. The minimum Gasteiger partial charge on any atom is -0.486 e. The number of para-hydroxylation sites is 1. The highest BCUT2D eigenvalue weighted by atomic mass is 16.5. The molecule has 0 unspecified atom stereocenters. The van der Waals surface area contributed by atoms with Gasteiger partial charge in [-0.1, -0.05) is 24.8 Å². The Bertz CT molecular complexity index is 432. The van der Waals surface area contributed by atoms with Gasteiger partial charge in [0.25, 0.3) is 0 Å². The van der Waals surface area contributed by atoms with Gasteiger partial charge in [0.15, 0.2) is 0 Å². The molecule has 0 radical (unpaired) electrons. The Morgan fingerprint density at radius 2 is 2.21 bits per heavy atom. The standard InChI is InChI=1S/C15H19NO3/c1-3-14(17)16-12-10-13(18-4-2)15(12)19-11-8-6-5-7-9-11/h3,5-9,12-13,15H,1,4,10H2,2H3,(H,16,17)/t12-,13-,15-/m1/s1. The van der Waals surface area contributed by atoms with Gasteiger partial charge in [-0.25, -0.2) is 0 Å². The van der Waals surface area contributed by atoms with E-state index in [0.29, 0.717) is 6.61 Å². The number of ether oxygens (including phenoxy) is 2. The third-order valence-electron chi connectivity index (χ3n) is 3.16. The molecule has 1 aromatic rings. The molecule has 0 aliphatic heterocycles. The average molecular weight is 261 g/mol. The zero-order valence-corrected chi connectivity index (χ0v) is 11.0. The van der Waals surface area contributed by atoms with Crippen LogP contribution in [0.2, 0.25) is 0 Å². The summed E-state index contributed by atoms with van der Waals surface area (Å²) in [6, 6.07) is 9.54. The van der Waals surface area contributed by atoms with Gasteiger partial charge >= 0.3 is 0 Å². The second-order valence-electron chi connectivity index (χ2n) is 4.44. The molecule has 1 fully saturated rings. The van der Waals surface area contributed by atoms with Crippen LogP contribution in [0.1, 0.15) is 13.3 Å². The fraction of sp³-hybridized carbons (Fsp3) is 0.400. The lowest BCUT2D eigenvalue weighted by atomic mass is 9.85. The van der Waals surface area contributed by atoms with Gasteiger partial charge < -0.3 is 14.8 Å². The minimum atomic E-state index is -0.179. The highest BCUT2D eigenvalue weighted by Gasteiger charge is 2.44. The van der Waals surface area contributed by atoms with Crippen molar-refractivity contribution in [2.24, 2.45) is 0 Å². The second kappa shape index (κ2) is 6.38. The van der Waals surface area contributed by atoms with E-state index >= 15 is 0 Å². The number of hydrogen-bond acceptors (Lipinski definition) is 3. The summed E-state index contributed by atoms with van der Waals surface area (Å²) in [7, 11) is 0. The van der Waals surface area contributed by atoms with E-state index in [1.165, 1.54) is 6.08 Å². The van der Waals surface area contributed by atoms with Crippen molar-refractivity contribution in [2.45, 2.75) is 31.6 Å². The number of nitrogens with one attached hydrogen (secondary N) is 1. The SMILES string of the molecule is C=CC(=O)N[C@@H]1C[C@@H](OCC)[C@@H]1Oc1ccccc1. The lowest BCUT2D eigenvalue weighted by Crippen LogP contribution is -2.62. The number of carbonyl (C=O) groups excluding carboxylic acids is 1. The van der Waals surface area contributed by atoms with E-state index in [1.807, 2.05) is 37.3 Å². The molecular weight excluding hydrogens is 242 g/mol. The summed E-state index contributed by atoms with van der Waals surface area (Å²) in [5.41, 5.74) is 0. The van der Waals surface area contributed by atoms with Crippen LogP contribution in [-0.2, 0) is 9.53 Å². The van der Waals surface area contributed by atoms with E-state index in [9.17, 15) is 4.79 Å². The van der Waals surface area contributed by atoms with Crippen molar-refractivity contribution in [1.82, 2.24) is 5.32 Å². The molecule has 1 aliphatic rings. The lowest BCUT2D eigenvalue weighted by Gasteiger charge is -2.43. The van der Waals surface area contributed by atoms with Gasteiger partial charge in [-0.15, -0.1) is 0 Å². The summed E-state index contributed by atoms with van der Waals surface area (Å²) < 4.78 is 11.5. The summed E-state index contributed by atoms with van der Waals surface area (Å²) >= 11 is 0. The Kier molecular flexibility index (Phi) is 4.58. The highest BCUT2D eigenvalue weighted by Crippen LogP contribution is 2.29. The summed E-state index contributed by atoms with van der Waals surface area (Å²) in [4.78, 5) is 11.4. The number of hydrogen-bond donors (Lipinski definition) is 1. The quantitative estimate of drug-likeness (QED) is 0.796. The Morgan fingerprint density at radius 1 is 1.47 bits per heavy atom. The van der Waals surface area contributed by atoms with Crippen LogP contribution in [0.5, 0.6) is 5.75 Å². The number of benzene rings is 1. The van der Waals surface area contributed by atoms with Crippen molar-refractivity contribution >= 4 is 5.91 Å². The molecule has 0 saturated heterocycles. The van der Waals surface area contributed by atoms with E-state index in [2.05, 4.69) is 11.9 Å². The van der Waals surface area contributed by atoms with Gasteiger partial charge in [-0.2, -0.15) is 0 Å². The third kappa shape index (κ3) is 3.35. The average Bonchev–Trinajstić information content (AvgIpc) is 2.44. The first-order valence-corrected chi connectivity index (χ1v) is 6.50. The molecule has 4 nitrogen and oxygen atoms in total. The first-order chi connectivity index (χ1) is 9.24. The molecule has 1 aromatic carbocycles. The summed E-state index contributed by atoms with van der Waals surface area (Å²) in [6.07, 6.45) is 1.92. The van der Waals surface area contributed by atoms with Crippen molar-refractivity contribution in [3.05, 3.63) is 43.0 Å². The first kappa shape index (κ1) is 13.6. The van der Waals surface area contributed by atoms with Crippen LogP contribution in [0.4, 0.5) is 0 Å². The first-order valence-electron chi connectivity index (χ1n) is 6.50. The number of carbonyl (C=O) groups is 1. The maximum atomic E-state index is 11.4. The van der Waals surface area contributed by atoms with Crippen LogP contribution < -0.4 is 10.1 Å². The molecule has 1 aliphatic carbocycles. The molecule has 0 bridgehead atoms. The summed E-state index contributed by atoms with van der Waals surface area (Å²) in [5.74, 6) is 0.608. The van der Waals surface area contributed by atoms with Crippen molar-refractivity contribution in [1.29, 1.82) is 0 Å². The Morgan fingerprint density at radius 3 is 2.84 bits per heavy atom. The zero-order valence-electron chi connectivity index (χ0n) is 11.0. The smallest absolute Gasteiger partial charge is 0.243 e. The van der Waals surface area contributed by atoms with E-state index in [0.717, 1.165) is 12.2 Å². The molecule has 4 heteroatoms. The fourth-order valence-corrected chi connectivity index (χ4v) is 2.16. The van der Waals surface area contributed by atoms with E-state index in [4.69, 9.17) is 9.47 Å². The predicted molar refractivity (Wildman–Crippen MR) is 73.0 cm³/mol. The van der Waals surface area contributed by atoms with Crippen molar-refractivity contribution in [3.63, 3.8) is 0 Å². The van der Waals surface area contributed by atoms with E-state index in [1.54, 1.807) is 0 Å². The molecule has 1 saturated carbocycles. The van der Waals surface area contributed by atoms with Gasteiger partial charge in [0, 0.05) is 13.0 Å². The molecule has 2 rings (SSSR count). The molecule has 3 atom stereocenters. The molecule has 0 aromatic heterocycles. The zero-order chi connectivity index (χ0) is 13.7. The van der Waals surface area contributed by atoms with Gasteiger partial charge in [0.1, 0.15) is 11.9 Å². The molecule has 0 spiro atoms. The largest absolute Gasteiger partial charge is 0.486 e. The maximum Gasteiger partial charge on any atom is 0.243 e. The van der Waals surface area contributed by atoms with Crippen LogP contribution in [0.3, 0.4) is 0 Å². The monoisotopic (exact) mass is 261 g/mol. The second-order valence-corrected chi connectivity index (χ2v) is 4.44. The highest BCUT2D eigenvalue weighted by molar-refractivity contribution is 5.87. The minimum absolute atomic E-state index is 0.0257. The molecular formula is C15H19NO3. The van der Waals surface area contributed by atoms with Gasteiger partial charge in [0.2, 0.25) is 5.91 Å². The molecule has 1 N–H and O–H groups in total. The van der Waals surface area contributed by atoms with Crippen LogP contribution >= 0.6 is 0 Å². The molecule has 19 heavy (non-hydrogen) atoms.